The first-order valence-electron chi connectivity index (χ1n) is 2.22. The second-order valence-corrected chi connectivity index (χ2v) is 1.31. The molecule has 0 saturated carbocycles. The Morgan fingerprint density at radius 1 is 1.75 bits per heavy atom. The molecule has 0 heterocycles. The van der Waals surface area contributed by atoms with Gasteiger partial charge in [0.25, 0.3) is 0 Å². The molecule has 8 heavy (non-hydrogen) atoms. The number of rotatable bonds is 2. The molecule has 46 valence electrons. The topological polar surface area (TPSA) is 57.5 Å². The van der Waals surface area contributed by atoms with Gasteiger partial charge in [0.15, 0.2) is 6.10 Å². The molecule has 2 N–H and O–H groups in total. The summed E-state index contributed by atoms with van der Waals surface area (Å²) in [6, 6.07) is 0. The lowest BCUT2D eigenvalue weighted by molar-refractivity contribution is -0.144. The summed E-state index contributed by atoms with van der Waals surface area (Å²) in [7, 11) is 0. The van der Waals surface area contributed by atoms with Crippen LogP contribution in [-0.4, -0.2) is 22.3 Å². The molecule has 0 aromatic heterocycles. The average molecular weight is 116 g/mol. The van der Waals surface area contributed by atoms with E-state index in [4.69, 9.17) is 10.2 Å². The van der Waals surface area contributed by atoms with Crippen molar-refractivity contribution in [3.8, 4) is 0 Å². The van der Waals surface area contributed by atoms with Crippen LogP contribution in [0.4, 0.5) is 0 Å². The molecule has 1 atom stereocenters. The summed E-state index contributed by atoms with van der Waals surface area (Å²) in [5.41, 5.74) is 0. The number of hydrogen-bond donors (Lipinski definition) is 2. The molecule has 0 aliphatic heterocycles. The minimum atomic E-state index is -1.35. The van der Waals surface area contributed by atoms with Crippen molar-refractivity contribution < 1.29 is 15.0 Å². The monoisotopic (exact) mass is 116 g/mol. The zero-order valence-corrected chi connectivity index (χ0v) is 4.53. The smallest absolute Gasteiger partial charge is 0.336 e. The number of allylic oxidation sites excluding steroid dienone is 1. The Morgan fingerprint density at radius 3 is 2.38 bits per heavy atom. The molecule has 0 radical (unpaired) electrons. The van der Waals surface area contributed by atoms with Crippen LogP contribution in [0.15, 0.2) is 12.2 Å². The van der Waals surface area contributed by atoms with E-state index in [0.29, 0.717) is 0 Å². The fraction of sp³-hybridized carbons (Fsp3) is 0.400. The van der Waals surface area contributed by atoms with Crippen molar-refractivity contribution >= 4 is 5.97 Å². The fourth-order valence-corrected chi connectivity index (χ4v) is 0.265. The molecule has 0 rings (SSSR count). The van der Waals surface area contributed by atoms with E-state index in [-0.39, 0.29) is 0 Å². The lowest BCUT2D eigenvalue weighted by Gasteiger charge is -1.93. The Hall–Kier alpha value is -0.830. The molecule has 0 saturated heterocycles. The largest absolute Gasteiger partial charge is 0.479 e. The summed E-state index contributed by atoms with van der Waals surface area (Å²) in [5, 5.41) is 16.5. The van der Waals surface area contributed by atoms with Crippen molar-refractivity contribution in [2.75, 3.05) is 0 Å². The van der Waals surface area contributed by atoms with Crippen LogP contribution >= 0.6 is 0 Å². The van der Waals surface area contributed by atoms with Gasteiger partial charge >= 0.3 is 5.97 Å². The molecule has 0 aromatic carbocycles. The summed E-state index contributed by atoms with van der Waals surface area (Å²) in [4.78, 5) is 9.79. The van der Waals surface area contributed by atoms with Gasteiger partial charge in [-0.1, -0.05) is 6.08 Å². The van der Waals surface area contributed by atoms with Crippen LogP contribution < -0.4 is 0 Å². The zero-order chi connectivity index (χ0) is 6.57. The number of aliphatic carboxylic acids is 1. The third kappa shape index (κ3) is 2.36. The van der Waals surface area contributed by atoms with Gasteiger partial charge in [-0.25, -0.2) is 4.79 Å². The highest BCUT2D eigenvalue weighted by atomic mass is 16.4. The standard InChI is InChI=1S/C5H8O3/c1-2-3-4(6)5(7)8/h2-4,6H,1H3,(H,7,8)/b3-2-. The molecule has 1 unspecified atom stereocenters. The Bertz CT molecular complexity index is 106. The summed E-state index contributed by atoms with van der Waals surface area (Å²) < 4.78 is 0. The lowest BCUT2D eigenvalue weighted by Crippen LogP contribution is -2.15. The van der Waals surface area contributed by atoms with E-state index in [2.05, 4.69) is 0 Å². The molecule has 0 aromatic rings. The third-order valence-corrected chi connectivity index (χ3v) is 0.628. The Labute approximate surface area is 47.3 Å². The molecule has 0 amide bonds. The van der Waals surface area contributed by atoms with Crippen LogP contribution in [0.25, 0.3) is 0 Å². The molecule has 0 aliphatic carbocycles. The number of carbonyl (C=O) groups is 1. The van der Waals surface area contributed by atoms with E-state index in [0.717, 1.165) is 0 Å². The first kappa shape index (κ1) is 7.17. The maximum Gasteiger partial charge on any atom is 0.336 e. The number of carboxylic acid groups (broad SMARTS) is 1. The number of carboxylic acids is 1. The molecule has 0 spiro atoms. The van der Waals surface area contributed by atoms with Crippen molar-refractivity contribution in [1.29, 1.82) is 0 Å². The van der Waals surface area contributed by atoms with Gasteiger partial charge < -0.3 is 10.2 Å². The summed E-state index contributed by atoms with van der Waals surface area (Å²) in [5.74, 6) is -1.22. The minimum Gasteiger partial charge on any atom is -0.479 e. The molecule has 3 heteroatoms. The maximum absolute atomic E-state index is 9.79. The van der Waals surface area contributed by atoms with Crippen molar-refractivity contribution in [1.82, 2.24) is 0 Å². The average Bonchev–Trinajstić information content (AvgIpc) is 1.67. The Morgan fingerprint density at radius 2 is 2.25 bits per heavy atom. The van der Waals surface area contributed by atoms with Gasteiger partial charge in [-0.05, 0) is 13.0 Å². The van der Waals surface area contributed by atoms with Crippen molar-refractivity contribution in [2.45, 2.75) is 13.0 Å². The third-order valence-electron chi connectivity index (χ3n) is 0.628. The van der Waals surface area contributed by atoms with Gasteiger partial charge in [0, 0.05) is 0 Å². The van der Waals surface area contributed by atoms with Gasteiger partial charge in [0.1, 0.15) is 0 Å². The van der Waals surface area contributed by atoms with E-state index in [9.17, 15) is 4.79 Å². The van der Waals surface area contributed by atoms with Gasteiger partial charge in [-0.2, -0.15) is 0 Å². The van der Waals surface area contributed by atoms with Crippen molar-refractivity contribution in [2.24, 2.45) is 0 Å². The number of aliphatic hydroxyl groups excluding tert-OH is 1. The number of aliphatic hydroxyl groups is 1. The van der Waals surface area contributed by atoms with Crippen LogP contribution in [0.3, 0.4) is 0 Å². The highest BCUT2D eigenvalue weighted by Gasteiger charge is 2.05. The van der Waals surface area contributed by atoms with Gasteiger partial charge in [-0.15, -0.1) is 0 Å². The highest BCUT2D eigenvalue weighted by Crippen LogP contribution is 1.83. The van der Waals surface area contributed by atoms with E-state index in [1.165, 1.54) is 12.2 Å². The maximum atomic E-state index is 9.79. The SMILES string of the molecule is C/C=C\C(O)C(=O)O. The van der Waals surface area contributed by atoms with E-state index in [1.54, 1.807) is 6.92 Å². The first-order chi connectivity index (χ1) is 3.68. The predicted octanol–water partition coefficient (Wildman–Crippen LogP) is 0.00800. The van der Waals surface area contributed by atoms with Crippen LogP contribution in [-0.2, 0) is 4.79 Å². The first-order valence-corrected chi connectivity index (χ1v) is 2.22. The fourth-order valence-electron chi connectivity index (χ4n) is 0.265. The molecule has 3 nitrogen and oxygen atoms in total. The Balaban J connectivity index is 3.64. The van der Waals surface area contributed by atoms with Gasteiger partial charge in [0.2, 0.25) is 0 Å². The van der Waals surface area contributed by atoms with Crippen LogP contribution in [0.5, 0.6) is 0 Å². The van der Waals surface area contributed by atoms with Gasteiger partial charge in [0.05, 0.1) is 0 Å². The lowest BCUT2D eigenvalue weighted by atomic mass is 10.3. The second kappa shape index (κ2) is 3.21. The van der Waals surface area contributed by atoms with E-state index >= 15 is 0 Å². The predicted molar refractivity (Wildman–Crippen MR) is 28.5 cm³/mol. The van der Waals surface area contributed by atoms with Crippen LogP contribution in [0.1, 0.15) is 6.92 Å². The molecular formula is C5H8O3. The highest BCUT2D eigenvalue weighted by molar-refractivity contribution is 5.74. The van der Waals surface area contributed by atoms with Crippen LogP contribution in [0.2, 0.25) is 0 Å². The molecule has 0 aliphatic rings. The van der Waals surface area contributed by atoms with Crippen LogP contribution in [0, 0.1) is 0 Å². The van der Waals surface area contributed by atoms with E-state index in [1.807, 2.05) is 0 Å². The van der Waals surface area contributed by atoms with E-state index < -0.39 is 12.1 Å². The minimum absolute atomic E-state index is 1.20. The molecular weight excluding hydrogens is 108 g/mol. The van der Waals surface area contributed by atoms with Crippen molar-refractivity contribution in [3.63, 3.8) is 0 Å². The summed E-state index contributed by atoms with van der Waals surface area (Å²) in [6.07, 6.45) is 1.33. The van der Waals surface area contributed by atoms with Gasteiger partial charge in [-0.3, -0.25) is 0 Å². The Kier molecular flexibility index (Phi) is 2.88. The zero-order valence-electron chi connectivity index (χ0n) is 4.53. The molecule has 0 bridgehead atoms. The second-order valence-electron chi connectivity index (χ2n) is 1.31. The summed E-state index contributed by atoms with van der Waals surface area (Å²) >= 11 is 0. The quantitative estimate of drug-likeness (QED) is 0.499. The summed E-state index contributed by atoms with van der Waals surface area (Å²) in [6.45, 7) is 1.64. The molecule has 0 fully saturated rings. The van der Waals surface area contributed by atoms with Crippen molar-refractivity contribution in [3.05, 3.63) is 12.2 Å². The number of hydrogen-bond acceptors (Lipinski definition) is 2. The normalized spacial score (nSPS) is 14.2.